The van der Waals surface area contributed by atoms with Crippen LogP contribution in [0.2, 0.25) is 0 Å². The molecule has 0 bridgehead atoms. The Hall–Kier alpha value is -3.42. The van der Waals surface area contributed by atoms with Crippen molar-refractivity contribution in [1.29, 1.82) is 0 Å². The van der Waals surface area contributed by atoms with Crippen molar-refractivity contribution in [2.75, 3.05) is 11.9 Å². The van der Waals surface area contributed by atoms with E-state index >= 15 is 0 Å². The highest BCUT2D eigenvalue weighted by Crippen LogP contribution is 2.22. The van der Waals surface area contributed by atoms with Crippen LogP contribution in [-0.2, 0) is 4.79 Å². The Morgan fingerprint density at radius 1 is 1.29 bits per heavy atom. The molecule has 0 heterocycles. The Kier molecular flexibility index (Phi) is 5.45. The maximum absolute atomic E-state index is 11.7. The van der Waals surface area contributed by atoms with Crippen LogP contribution in [0.3, 0.4) is 0 Å². The second-order valence-electron chi connectivity index (χ2n) is 5.00. The van der Waals surface area contributed by atoms with Gasteiger partial charge in [0.15, 0.2) is 0 Å². The summed E-state index contributed by atoms with van der Waals surface area (Å²) in [5.74, 6) is -1.05. The fourth-order valence-electron chi connectivity index (χ4n) is 1.91. The van der Waals surface area contributed by atoms with E-state index in [-0.39, 0.29) is 12.5 Å². The first kappa shape index (κ1) is 16.9. The molecule has 0 saturated heterocycles. The van der Waals surface area contributed by atoms with Crippen LogP contribution in [0.1, 0.15) is 11.1 Å². The number of hydrogen-bond donors (Lipinski definition) is 2. The molecule has 124 valence electrons. The highest BCUT2D eigenvalue weighted by Gasteiger charge is 2.07. The number of hydrazone groups is 1. The summed E-state index contributed by atoms with van der Waals surface area (Å²) in [5.41, 5.74) is 3.99. The van der Waals surface area contributed by atoms with Crippen LogP contribution in [0.4, 0.5) is 11.4 Å². The first-order valence-corrected chi connectivity index (χ1v) is 7.03. The minimum absolute atomic E-state index is 0.0282. The van der Waals surface area contributed by atoms with Gasteiger partial charge in [0.1, 0.15) is 0 Å². The van der Waals surface area contributed by atoms with Gasteiger partial charge in [-0.3, -0.25) is 14.9 Å². The molecule has 1 amide bonds. The third-order valence-electron chi connectivity index (χ3n) is 3.05. The molecule has 0 radical (unpaired) electrons. The average molecular weight is 327 g/mol. The molecular weight excluding hydrogens is 312 g/mol. The Morgan fingerprint density at radius 3 is 2.79 bits per heavy atom. The maximum atomic E-state index is 11.7. The third kappa shape index (κ3) is 4.80. The first-order valence-electron chi connectivity index (χ1n) is 7.03. The second-order valence-corrected chi connectivity index (χ2v) is 5.00. The number of anilines is 1. The molecule has 0 aliphatic rings. The van der Waals surface area contributed by atoms with Crippen molar-refractivity contribution in [2.24, 2.45) is 5.10 Å². The molecule has 8 heteroatoms. The van der Waals surface area contributed by atoms with E-state index in [9.17, 15) is 20.0 Å². The zero-order valence-corrected chi connectivity index (χ0v) is 12.9. The van der Waals surface area contributed by atoms with Crippen molar-refractivity contribution >= 4 is 23.5 Å². The monoisotopic (exact) mass is 327 g/mol. The van der Waals surface area contributed by atoms with Gasteiger partial charge in [-0.25, -0.2) is 5.43 Å². The highest BCUT2D eigenvalue weighted by atomic mass is 16.6. The normalized spacial score (nSPS) is 10.5. The van der Waals surface area contributed by atoms with Gasteiger partial charge < -0.3 is 10.4 Å². The second kappa shape index (κ2) is 7.73. The molecule has 0 spiro atoms. The number of nitro benzene ring substituents is 1. The Bertz CT molecular complexity index is 789. The van der Waals surface area contributed by atoms with E-state index in [1.165, 1.54) is 12.3 Å². The molecule has 0 atom stereocenters. The van der Waals surface area contributed by atoms with E-state index < -0.39 is 16.4 Å². The van der Waals surface area contributed by atoms with Crippen LogP contribution in [0.25, 0.3) is 0 Å². The van der Waals surface area contributed by atoms with Crippen LogP contribution in [-0.4, -0.2) is 23.6 Å². The number of hydrogen-bond acceptors (Lipinski definition) is 6. The number of carbonyl (C=O) groups excluding carboxylic acids is 1. The zero-order valence-electron chi connectivity index (χ0n) is 12.9. The minimum atomic E-state index is -0.760. The van der Waals surface area contributed by atoms with Gasteiger partial charge in [0.25, 0.3) is 11.6 Å². The van der Waals surface area contributed by atoms with E-state index in [1.54, 1.807) is 0 Å². The molecule has 2 rings (SSSR count). The summed E-state index contributed by atoms with van der Waals surface area (Å²) in [6.07, 6.45) is 1.23. The molecule has 0 fully saturated rings. The third-order valence-corrected chi connectivity index (χ3v) is 3.05. The quantitative estimate of drug-likeness (QED) is 0.474. The molecule has 0 aromatic heterocycles. The SMILES string of the molecule is Cc1cccc(NCC(=O)NN=Cc2ccc([O-])c([N+](=O)[O-])c2)c1. The smallest absolute Gasteiger partial charge is 0.262 e. The molecule has 2 aromatic carbocycles. The first-order chi connectivity index (χ1) is 11.5. The van der Waals surface area contributed by atoms with Gasteiger partial charge in [-0.2, -0.15) is 5.10 Å². The molecular formula is C16H15N4O4-. The van der Waals surface area contributed by atoms with E-state index in [2.05, 4.69) is 15.8 Å². The minimum Gasteiger partial charge on any atom is -0.868 e. The van der Waals surface area contributed by atoms with Crippen LogP contribution in [0.5, 0.6) is 5.75 Å². The summed E-state index contributed by atoms with van der Waals surface area (Å²) in [7, 11) is 0. The lowest BCUT2D eigenvalue weighted by Gasteiger charge is -2.06. The van der Waals surface area contributed by atoms with Crippen molar-refractivity contribution < 1.29 is 14.8 Å². The van der Waals surface area contributed by atoms with Gasteiger partial charge >= 0.3 is 0 Å². The van der Waals surface area contributed by atoms with E-state index in [1.807, 2.05) is 31.2 Å². The van der Waals surface area contributed by atoms with Crippen molar-refractivity contribution in [2.45, 2.75) is 6.92 Å². The van der Waals surface area contributed by atoms with Gasteiger partial charge in [-0.15, -0.1) is 0 Å². The number of nitro groups is 1. The van der Waals surface area contributed by atoms with Gasteiger partial charge in [-0.05, 0) is 30.4 Å². The van der Waals surface area contributed by atoms with Crippen molar-refractivity contribution in [3.63, 3.8) is 0 Å². The summed E-state index contributed by atoms with van der Waals surface area (Å²) >= 11 is 0. The fourth-order valence-corrected chi connectivity index (χ4v) is 1.91. The number of nitrogens with one attached hydrogen (secondary N) is 2. The van der Waals surface area contributed by atoms with Gasteiger partial charge in [0.05, 0.1) is 17.7 Å². The molecule has 0 unspecified atom stereocenters. The van der Waals surface area contributed by atoms with Gasteiger partial charge in [0, 0.05) is 17.3 Å². The van der Waals surface area contributed by atoms with Crippen LogP contribution in [0.15, 0.2) is 47.6 Å². The molecule has 0 saturated carbocycles. The van der Waals surface area contributed by atoms with Crippen LogP contribution in [0, 0.1) is 17.0 Å². The lowest BCUT2D eigenvalue weighted by Crippen LogP contribution is -2.25. The predicted molar refractivity (Wildman–Crippen MR) is 87.9 cm³/mol. The topological polar surface area (TPSA) is 120 Å². The number of nitrogens with zero attached hydrogens (tertiary/aromatic N) is 2. The molecule has 0 aliphatic heterocycles. The summed E-state index contributed by atoms with van der Waals surface area (Å²) in [4.78, 5) is 21.6. The van der Waals surface area contributed by atoms with Crippen molar-refractivity contribution in [3.8, 4) is 5.75 Å². The number of rotatable bonds is 6. The summed E-state index contributed by atoms with van der Waals surface area (Å²) in [6.45, 7) is 1.97. The predicted octanol–water partition coefficient (Wildman–Crippen LogP) is 1.54. The number of carbonyl (C=O) groups is 1. The lowest BCUT2D eigenvalue weighted by molar-refractivity contribution is -0.398. The largest absolute Gasteiger partial charge is 0.868 e. The molecule has 2 N–H and O–H groups in total. The van der Waals surface area contributed by atoms with E-state index in [4.69, 9.17) is 0 Å². The van der Waals surface area contributed by atoms with E-state index in [0.29, 0.717) is 5.56 Å². The lowest BCUT2D eigenvalue weighted by atomic mass is 10.2. The summed E-state index contributed by atoms with van der Waals surface area (Å²) < 4.78 is 0. The van der Waals surface area contributed by atoms with Crippen molar-refractivity contribution in [1.82, 2.24) is 5.43 Å². The van der Waals surface area contributed by atoms with Crippen LogP contribution >= 0.6 is 0 Å². The number of benzene rings is 2. The number of aryl methyl sites for hydroxylation is 1. The fraction of sp³-hybridized carbons (Fsp3) is 0.125. The molecule has 24 heavy (non-hydrogen) atoms. The molecule has 0 aliphatic carbocycles. The molecule has 2 aromatic rings. The average Bonchev–Trinajstić information content (AvgIpc) is 2.54. The summed E-state index contributed by atoms with van der Waals surface area (Å²) in [5, 5.41) is 28.6. The highest BCUT2D eigenvalue weighted by molar-refractivity contribution is 5.85. The van der Waals surface area contributed by atoms with Gasteiger partial charge in [0.2, 0.25) is 0 Å². The standard InChI is InChI=1S/C16H16N4O4/c1-11-3-2-4-13(7-11)17-10-16(22)19-18-9-12-5-6-15(21)14(8-12)20(23)24/h2-9,17,21H,10H2,1H3,(H,19,22)/p-1. The molecule has 8 nitrogen and oxygen atoms in total. The Balaban J connectivity index is 1.88. The Labute approximate surface area is 138 Å². The summed E-state index contributed by atoms with van der Waals surface area (Å²) in [6, 6.07) is 11.1. The maximum Gasteiger partial charge on any atom is 0.262 e. The van der Waals surface area contributed by atoms with E-state index in [0.717, 1.165) is 23.4 Å². The van der Waals surface area contributed by atoms with Gasteiger partial charge in [-0.1, -0.05) is 24.3 Å². The number of amides is 1. The zero-order chi connectivity index (χ0) is 17.5. The van der Waals surface area contributed by atoms with Crippen molar-refractivity contribution in [3.05, 3.63) is 63.7 Å². The Morgan fingerprint density at radius 2 is 2.08 bits per heavy atom. The van der Waals surface area contributed by atoms with Crippen LogP contribution < -0.4 is 15.8 Å².